The van der Waals surface area contributed by atoms with Crippen LogP contribution in [0.15, 0.2) is 23.1 Å². The zero-order chi connectivity index (χ0) is 14.0. The van der Waals surface area contributed by atoms with Crippen LogP contribution in [0.5, 0.6) is 11.5 Å². The Labute approximate surface area is 121 Å². The first-order valence-electron chi connectivity index (χ1n) is 5.52. The monoisotopic (exact) mass is 295 g/mol. The summed E-state index contributed by atoms with van der Waals surface area (Å²) in [5.74, 6) is 1.04. The first kappa shape index (κ1) is 14.0. The molecule has 2 rings (SSSR count). The Kier molecular flexibility index (Phi) is 4.24. The van der Waals surface area contributed by atoms with E-state index < -0.39 is 6.04 Å². The Hall–Kier alpha value is -1.37. The topological polar surface area (TPSA) is 61.5 Å². The summed E-state index contributed by atoms with van der Waals surface area (Å²) in [4.78, 5) is 12.4. The van der Waals surface area contributed by atoms with Gasteiger partial charge in [-0.3, -0.25) is 4.79 Å². The Morgan fingerprint density at radius 3 is 2.63 bits per heavy atom. The number of benzene rings is 1. The molecule has 6 heteroatoms. The molecule has 0 radical (unpaired) electrons. The summed E-state index contributed by atoms with van der Waals surface area (Å²) in [7, 11) is 3.12. The average Bonchev–Trinajstić information content (AvgIpc) is 2.66. The highest BCUT2D eigenvalue weighted by Crippen LogP contribution is 2.36. The van der Waals surface area contributed by atoms with Crippen LogP contribution < -0.4 is 15.2 Å². The molecule has 1 fully saturated rings. The predicted octanol–water partition coefficient (Wildman–Crippen LogP) is 2.02. The highest BCUT2D eigenvalue weighted by atomic mass is 32.2. The molecule has 0 bridgehead atoms. The number of hydrogen-bond acceptors (Lipinski definition) is 6. The molecule has 1 unspecified atom stereocenters. The molecular weight excluding hydrogens is 282 g/mol. The van der Waals surface area contributed by atoms with Gasteiger partial charge in [0.05, 0.1) is 23.3 Å². The largest absolute Gasteiger partial charge is 0.493 e. The van der Waals surface area contributed by atoms with Crippen LogP contribution >= 0.6 is 24.0 Å². The number of Topliss-reactive ketones (excluding diaryl/α,β-unsaturated/α-hetero) is 1. The summed E-state index contributed by atoms with van der Waals surface area (Å²) in [5.41, 5.74) is 6.44. The molecule has 1 heterocycles. The molecule has 1 aromatic carbocycles. The van der Waals surface area contributed by atoms with Crippen molar-refractivity contribution in [3.8, 4) is 11.5 Å². The van der Waals surface area contributed by atoms with E-state index in [4.69, 9.17) is 27.4 Å². The van der Waals surface area contributed by atoms with E-state index in [1.165, 1.54) is 11.8 Å². The van der Waals surface area contributed by atoms with Gasteiger partial charge in [0.25, 0.3) is 0 Å². The van der Waals surface area contributed by atoms with Crippen LogP contribution in [0.3, 0.4) is 0 Å². The number of nitrogens with two attached hydrogens (primary N) is 1. The molecule has 1 aliphatic rings. The number of carbonyl (C=O) groups is 1. The number of ketones is 1. The molecule has 2 N–H and O–H groups in total. The molecule has 0 saturated carbocycles. The Morgan fingerprint density at radius 1 is 1.37 bits per heavy atom. The molecule has 0 aliphatic carbocycles. The summed E-state index contributed by atoms with van der Waals surface area (Å²) in [5, 5.41) is 0. The maximum atomic E-state index is 11.9. The number of ether oxygens (including phenoxy) is 2. The lowest BCUT2D eigenvalue weighted by Crippen LogP contribution is -2.30. The molecule has 100 valence electrons. The maximum Gasteiger partial charge on any atom is 0.192 e. The molecule has 0 aromatic heterocycles. The van der Waals surface area contributed by atoms with Gasteiger partial charge >= 0.3 is 0 Å². The maximum absolute atomic E-state index is 11.9. The van der Waals surface area contributed by atoms with Gasteiger partial charge < -0.3 is 15.2 Å². The molecule has 4 nitrogen and oxygen atoms in total. The van der Waals surface area contributed by atoms with Gasteiger partial charge in [-0.05, 0) is 12.1 Å². The van der Waals surface area contributed by atoms with Gasteiger partial charge in [0.15, 0.2) is 17.3 Å². The standard InChI is InChI=1S/C13H13NO3S2/c1-16-8-5-3-4-7(12(8)17-2)6-9-11(15)10(14)13(18)19-9/h3-6,10H,14H2,1-2H3/b9-6-. The summed E-state index contributed by atoms with van der Waals surface area (Å²) in [6, 6.07) is 4.77. The second-order valence-electron chi connectivity index (χ2n) is 3.85. The zero-order valence-corrected chi connectivity index (χ0v) is 12.1. The van der Waals surface area contributed by atoms with Crippen LogP contribution in [0.25, 0.3) is 6.08 Å². The highest BCUT2D eigenvalue weighted by molar-refractivity contribution is 8.27. The van der Waals surface area contributed by atoms with Crippen molar-refractivity contribution in [1.82, 2.24) is 0 Å². The third-order valence-electron chi connectivity index (χ3n) is 2.71. The van der Waals surface area contributed by atoms with Gasteiger partial charge in [0.2, 0.25) is 0 Å². The number of methoxy groups -OCH3 is 2. The van der Waals surface area contributed by atoms with E-state index in [1.807, 2.05) is 12.1 Å². The van der Waals surface area contributed by atoms with Gasteiger partial charge in [0.1, 0.15) is 6.04 Å². The van der Waals surface area contributed by atoms with E-state index in [-0.39, 0.29) is 5.78 Å². The minimum absolute atomic E-state index is 0.153. The fourth-order valence-electron chi connectivity index (χ4n) is 1.75. The number of thiocarbonyl (C=S) groups is 1. The van der Waals surface area contributed by atoms with Crippen molar-refractivity contribution in [3.05, 3.63) is 28.7 Å². The Bertz CT molecular complexity index is 569. The van der Waals surface area contributed by atoms with Gasteiger partial charge in [-0.15, -0.1) is 0 Å². The third kappa shape index (κ3) is 2.65. The average molecular weight is 295 g/mol. The van der Waals surface area contributed by atoms with Crippen LogP contribution in [0.1, 0.15) is 5.56 Å². The van der Waals surface area contributed by atoms with Gasteiger partial charge in [0, 0.05) is 5.56 Å². The second kappa shape index (κ2) is 5.73. The lowest BCUT2D eigenvalue weighted by atomic mass is 10.1. The fourth-order valence-corrected chi connectivity index (χ4v) is 2.99. The quantitative estimate of drug-likeness (QED) is 0.680. The molecule has 0 spiro atoms. The van der Waals surface area contributed by atoms with Crippen molar-refractivity contribution in [2.45, 2.75) is 6.04 Å². The van der Waals surface area contributed by atoms with Crippen molar-refractivity contribution in [2.75, 3.05) is 14.2 Å². The van der Waals surface area contributed by atoms with E-state index in [0.717, 1.165) is 5.56 Å². The van der Waals surface area contributed by atoms with Crippen LogP contribution in [0.2, 0.25) is 0 Å². The van der Waals surface area contributed by atoms with Crippen LogP contribution in [-0.4, -0.2) is 30.2 Å². The summed E-state index contributed by atoms with van der Waals surface area (Å²) in [6.07, 6.45) is 1.73. The summed E-state index contributed by atoms with van der Waals surface area (Å²) < 4.78 is 11.0. The van der Waals surface area contributed by atoms with Gasteiger partial charge in [-0.1, -0.05) is 36.1 Å². The second-order valence-corrected chi connectivity index (χ2v) is 5.64. The van der Waals surface area contributed by atoms with E-state index >= 15 is 0 Å². The Morgan fingerprint density at radius 2 is 2.11 bits per heavy atom. The molecule has 1 aliphatic heterocycles. The fraction of sp³-hybridized carbons (Fsp3) is 0.231. The number of rotatable bonds is 3. The van der Waals surface area contributed by atoms with Gasteiger partial charge in [-0.25, -0.2) is 0 Å². The van der Waals surface area contributed by atoms with E-state index in [0.29, 0.717) is 20.6 Å². The molecule has 1 aromatic rings. The van der Waals surface area contributed by atoms with Crippen LogP contribution in [0.4, 0.5) is 0 Å². The smallest absolute Gasteiger partial charge is 0.192 e. The third-order valence-corrected chi connectivity index (χ3v) is 4.21. The van der Waals surface area contributed by atoms with Crippen molar-refractivity contribution in [2.24, 2.45) is 5.73 Å². The lowest BCUT2D eigenvalue weighted by Gasteiger charge is -2.10. The molecule has 1 atom stereocenters. The summed E-state index contributed by atoms with van der Waals surface area (Å²) in [6.45, 7) is 0. The number of para-hydroxylation sites is 1. The molecule has 19 heavy (non-hydrogen) atoms. The minimum atomic E-state index is -0.692. The number of thioether (sulfide) groups is 1. The predicted molar refractivity (Wildman–Crippen MR) is 80.7 cm³/mol. The van der Waals surface area contributed by atoms with E-state index in [1.54, 1.807) is 26.4 Å². The summed E-state index contributed by atoms with van der Waals surface area (Å²) >= 11 is 6.27. The lowest BCUT2D eigenvalue weighted by molar-refractivity contribution is -0.114. The van der Waals surface area contributed by atoms with Crippen LogP contribution in [0, 0.1) is 0 Å². The highest BCUT2D eigenvalue weighted by Gasteiger charge is 2.32. The van der Waals surface area contributed by atoms with Crippen molar-refractivity contribution >= 4 is 40.0 Å². The molecular formula is C13H13NO3S2. The first-order valence-corrected chi connectivity index (χ1v) is 6.75. The normalized spacial score (nSPS) is 21.0. The molecule has 0 amide bonds. The van der Waals surface area contributed by atoms with Crippen molar-refractivity contribution < 1.29 is 14.3 Å². The number of hydrogen-bond donors (Lipinski definition) is 1. The Balaban J connectivity index is 2.44. The van der Waals surface area contributed by atoms with Crippen LogP contribution in [-0.2, 0) is 4.79 Å². The van der Waals surface area contributed by atoms with Crippen molar-refractivity contribution in [1.29, 1.82) is 0 Å². The minimum Gasteiger partial charge on any atom is -0.493 e. The van der Waals surface area contributed by atoms with Crippen molar-refractivity contribution in [3.63, 3.8) is 0 Å². The van der Waals surface area contributed by atoms with E-state index in [9.17, 15) is 4.79 Å². The van der Waals surface area contributed by atoms with Gasteiger partial charge in [-0.2, -0.15) is 0 Å². The zero-order valence-electron chi connectivity index (χ0n) is 10.5. The molecule has 1 saturated heterocycles. The van der Waals surface area contributed by atoms with E-state index in [2.05, 4.69) is 0 Å². The number of carbonyl (C=O) groups excluding carboxylic acids is 1. The first-order chi connectivity index (χ1) is 9.08. The SMILES string of the molecule is COc1cccc(/C=C2\SC(=S)C(N)C2=O)c1OC.